The molecule has 119 valence electrons. The Morgan fingerprint density at radius 1 is 0.864 bits per heavy atom. The molecule has 0 heterocycles. The van der Waals surface area contributed by atoms with Gasteiger partial charge in [-0.05, 0) is 24.7 Å². The second kappa shape index (κ2) is 11.1. The maximum atomic E-state index is 2.37. The molecule has 1 radical (unpaired) electrons. The van der Waals surface area contributed by atoms with Crippen LogP contribution in [0.1, 0.15) is 38.5 Å². The maximum Gasteiger partial charge on any atom is 2.00 e. The third-order valence-corrected chi connectivity index (χ3v) is 4.42. The van der Waals surface area contributed by atoms with Crippen molar-refractivity contribution >= 4 is 9.52 Å². The van der Waals surface area contributed by atoms with E-state index in [1.165, 1.54) is 38.5 Å². The van der Waals surface area contributed by atoms with E-state index in [1.54, 1.807) is 11.1 Å². The van der Waals surface area contributed by atoms with Crippen molar-refractivity contribution in [2.75, 3.05) is 0 Å². The monoisotopic (exact) mass is 349 g/mol. The van der Waals surface area contributed by atoms with E-state index in [0.29, 0.717) is 0 Å². The van der Waals surface area contributed by atoms with Gasteiger partial charge in [-0.2, -0.15) is 0 Å². The van der Waals surface area contributed by atoms with Gasteiger partial charge >= 0.3 is 17.4 Å². The van der Waals surface area contributed by atoms with Gasteiger partial charge < -0.3 is 0 Å². The number of hydrogen-bond acceptors (Lipinski definition) is 0. The van der Waals surface area contributed by atoms with Crippen LogP contribution < -0.4 is 0 Å². The molecule has 22 heavy (non-hydrogen) atoms. The van der Waals surface area contributed by atoms with Crippen molar-refractivity contribution in [3.05, 3.63) is 60.4 Å². The van der Waals surface area contributed by atoms with E-state index in [2.05, 4.69) is 62.4 Å². The van der Waals surface area contributed by atoms with E-state index in [9.17, 15) is 0 Å². The molecule has 0 aromatic rings. The Morgan fingerprint density at radius 2 is 1.27 bits per heavy atom. The van der Waals surface area contributed by atoms with E-state index < -0.39 is 0 Å². The molecule has 2 fully saturated rings. The Hall–Kier alpha value is -0.551. The summed E-state index contributed by atoms with van der Waals surface area (Å²) < 4.78 is 0. The van der Waals surface area contributed by atoms with Gasteiger partial charge in [0.25, 0.3) is 0 Å². The number of rotatable bonds is 0. The van der Waals surface area contributed by atoms with Crippen molar-refractivity contribution in [1.82, 2.24) is 0 Å². The van der Waals surface area contributed by atoms with Gasteiger partial charge in [0.05, 0.1) is 0 Å². The number of allylic oxidation sites excluding steroid dienone is 8. The van der Waals surface area contributed by atoms with Crippen LogP contribution in [-0.4, -0.2) is 9.52 Å². The molecule has 2 atom stereocenters. The van der Waals surface area contributed by atoms with Crippen LogP contribution in [0.4, 0.5) is 0 Å². The Kier molecular flexibility index (Phi) is 9.80. The zero-order chi connectivity index (χ0) is 14.9. The third-order valence-electron chi connectivity index (χ3n) is 4.42. The van der Waals surface area contributed by atoms with Gasteiger partial charge in [0, 0.05) is 9.52 Å². The molecule has 0 amide bonds. The zero-order valence-corrected chi connectivity index (χ0v) is 16.4. The summed E-state index contributed by atoms with van der Waals surface area (Å²) in [5, 5.41) is 0. The molecule has 0 N–H and O–H groups in total. The van der Waals surface area contributed by atoms with Gasteiger partial charge in [-0.25, -0.2) is 36.1 Å². The topological polar surface area (TPSA) is 0 Å². The van der Waals surface area contributed by atoms with Gasteiger partial charge in [-0.1, -0.05) is 25.9 Å². The molecule has 0 aromatic carbocycles. The minimum atomic E-state index is 0. The molecule has 0 nitrogen and oxygen atoms in total. The zero-order valence-electron chi connectivity index (χ0n) is 14.0. The molecule has 4 aliphatic rings. The second-order valence-electron chi connectivity index (χ2n) is 6.20. The van der Waals surface area contributed by atoms with E-state index in [-0.39, 0.29) is 17.4 Å². The molecule has 0 aromatic heterocycles. The SMILES string of the molecule is C1=CCC2CC[CH-]C2=C1.C1=CCC2CC[CH-]C2=C1.C[SiH]C.[Cr+2]. The number of fused-ring (bicyclic) bond motifs is 2. The van der Waals surface area contributed by atoms with Crippen molar-refractivity contribution in [3.8, 4) is 0 Å². The molecule has 0 saturated heterocycles. The van der Waals surface area contributed by atoms with Crippen LogP contribution in [0, 0.1) is 24.7 Å². The minimum absolute atomic E-state index is 0. The molecule has 0 spiro atoms. The van der Waals surface area contributed by atoms with Gasteiger partial charge in [-0.3, -0.25) is 0 Å². The molecular formula is C20H29CrSi. The van der Waals surface area contributed by atoms with Crippen LogP contribution in [0.25, 0.3) is 0 Å². The average molecular weight is 350 g/mol. The molecule has 2 heteroatoms. The summed E-state index contributed by atoms with van der Waals surface area (Å²) in [7, 11) is 0.750. The third kappa shape index (κ3) is 5.92. The Bertz CT molecular complexity index is 391. The van der Waals surface area contributed by atoms with Crippen LogP contribution >= 0.6 is 0 Å². The van der Waals surface area contributed by atoms with Gasteiger partial charge in [0.15, 0.2) is 0 Å². The summed E-state index contributed by atoms with van der Waals surface area (Å²) in [4.78, 5) is 0. The largest absolute Gasteiger partial charge is 2.00 e. The fourth-order valence-electron chi connectivity index (χ4n) is 3.33. The van der Waals surface area contributed by atoms with E-state index >= 15 is 0 Å². The fraction of sp³-hybridized carbons (Fsp3) is 0.500. The quantitative estimate of drug-likeness (QED) is 0.401. The van der Waals surface area contributed by atoms with Crippen molar-refractivity contribution in [3.63, 3.8) is 0 Å². The summed E-state index contributed by atoms with van der Waals surface area (Å²) in [5.41, 5.74) is 3.16. The van der Waals surface area contributed by atoms with E-state index in [4.69, 9.17) is 0 Å². The molecule has 0 bridgehead atoms. The van der Waals surface area contributed by atoms with Gasteiger partial charge in [0.1, 0.15) is 0 Å². The molecule has 2 unspecified atom stereocenters. The maximum absolute atomic E-state index is 2.37. The predicted octanol–water partition coefficient (Wildman–Crippen LogP) is 5.49. The first-order chi connectivity index (χ1) is 10.3. The van der Waals surface area contributed by atoms with Crippen LogP contribution in [0.2, 0.25) is 13.1 Å². The van der Waals surface area contributed by atoms with Crippen LogP contribution in [0.5, 0.6) is 0 Å². The van der Waals surface area contributed by atoms with Crippen LogP contribution in [0.3, 0.4) is 0 Å². The summed E-state index contributed by atoms with van der Waals surface area (Å²) >= 11 is 0. The first-order valence-electron chi connectivity index (χ1n) is 8.49. The molecule has 0 aliphatic heterocycles. The molecule has 4 aliphatic carbocycles. The van der Waals surface area contributed by atoms with E-state index in [0.717, 1.165) is 21.4 Å². The van der Waals surface area contributed by atoms with Crippen molar-refractivity contribution in [1.29, 1.82) is 0 Å². The van der Waals surface area contributed by atoms with Gasteiger partial charge in [-0.15, -0.1) is 37.1 Å². The predicted molar refractivity (Wildman–Crippen MR) is 96.6 cm³/mol. The molecule has 2 saturated carbocycles. The Morgan fingerprint density at radius 3 is 1.64 bits per heavy atom. The molecule has 4 rings (SSSR count). The molecular weight excluding hydrogens is 320 g/mol. The minimum Gasteiger partial charge on any atom is -0.227 e. The average Bonchev–Trinajstić information content (AvgIpc) is 3.17. The first kappa shape index (κ1) is 19.5. The summed E-state index contributed by atoms with van der Waals surface area (Å²) in [5.74, 6) is 1.77. The van der Waals surface area contributed by atoms with Crippen molar-refractivity contribution in [2.45, 2.75) is 51.6 Å². The van der Waals surface area contributed by atoms with Gasteiger partial charge in [0.2, 0.25) is 0 Å². The summed E-state index contributed by atoms with van der Waals surface area (Å²) in [6.07, 6.45) is 26.1. The number of hydrogen-bond donors (Lipinski definition) is 0. The van der Waals surface area contributed by atoms with Crippen molar-refractivity contribution < 1.29 is 17.4 Å². The first-order valence-corrected chi connectivity index (χ1v) is 10.8. The summed E-state index contributed by atoms with van der Waals surface area (Å²) in [6, 6.07) is 0. The Balaban J connectivity index is 0.000000181. The summed E-state index contributed by atoms with van der Waals surface area (Å²) in [6.45, 7) is 4.42. The standard InChI is InChI=1S/2C9H11.C2H7Si.Cr/c2*1-2-5-9-7-3-6-8(9)4-1;1-3-2;/h2*1-2,4,6,9H,3,5,7H2;3H,1-2H3;/q2*-1;;+2. The van der Waals surface area contributed by atoms with Crippen LogP contribution in [0.15, 0.2) is 47.6 Å². The van der Waals surface area contributed by atoms with Crippen molar-refractivity contribution in [2.24, 2.45) is 11.8 Å². The Labute approximate surface area is 150 Å². The second-order valence-corrected chi connectivity index (χ2v) is 7.35. The van der Waals surface area contributed by atoms with Crippen LogP contribution in [-0.2, 0) is 17.4 Å². The normalized spacial score (nSPS) is 26.3. The smallest absolute Gasteiger partial charge is 0.227 e. The fourth-order valence-corrected chi connectivity index (χ4v) is 3.33. The van der Waals surface area contributed by atoms with E-state index in [1.807, 2.05) is 0 Å².